The maximum atomic E-state index is 14.8. The first-order valence-corrected chi connectivity index (χ1v) is 29.2. The van der Waals surface area contributed by atoms with Gasteiger partial charge in [0.1, 0.15) is 28.7 Å². The molecule has 4 aliphatic heterocycles. The topological polar surface area (TPSA) is 215 Å². The van der Waals surface area contributed by atoms with E-state index < -0.39 is 65.0 Å². The van der Waals surface area contributed by atoms with Gasteiger partial charge in [0.25, 0.3) is 5.91 Å². The van der Waals surface area contributed by atoms with E-state index in [1.807, 2.05) is 45.2 Å². The fourth-order valence-electron chi connectivity index (χ4n) is 12.0. The number of aryl methyl sites for hydroxylation is 1. The number of carboxylic acids is 1. The summed E-state index contributed by atoms with van der Waals surface area (Å²) in [6, 6.07) is 5.35. The Morgan fingerprint density at radius 2 is 1.68 bits per heavy atom. The highest BCUT2D eigenvalue weighted by molar-refractivity contribution is 7.16. The lowest BCUT2D eigenvalue weighted by Crippen LogP contribution is -2.62. The molecule has 4 aromatic rings. The first-order valence-electron chi connectivity index (χ1n) is 28.3. The Bertz CT molecular complexity index is 2970. The van der Waals surface area contributed by atoms with Crippen molar-refractivity contribution in [2.45, 2.75) is 156 Å². The molecule has 1 aromatic carbocycles. The predicted molar refractivity (Wildman–Crippen MR) is 305 cm³/mol. The molecule has 7 heterocycles. The zero-order valence-electron chi connectivity index (χ0n) is 48.0. The van der Waals surface area contributed by atoms with Gasteiger partial charge in [0.05, 0.1) is 51.9 Å². The second-order valence-corrected chi connectivity index (χ2v) is 25.4. The molecule has 6 atom stereocenters. The Morgan fingerprint density at radius 3 is 2.33 bits per heavy atom. The smallest absolute Gasteiger partial charge is 0.410 e. The van der Waals surface area contributed by atoms with Crippen LogP contribution in [0.5, 0.6) is 0 Å². The highest BCUT2D eigenvalue weighted by atomic mass is 32.1. The van der Waals surface area contributed by atoms with Crippen molar-refractivity contribution in [2.24, 2.45) is 17.3 Å². The summed E-state index contributed by atoms with van der Waals surface area (Å²) in [5, 5.41) is 26.8. The second-order valence-electron chi connectivity index (χ2n) is 24.4. The van der Waals surface area contributed by atoms with E-state index in [9.17, 15) is 34.2 Å². The molecule has 0 radical (unpaired) electrons. The Kier molecular flexibility index (Phi) is 17.0. The molecule has 0 unspecified atom stereocenters. The predicted octanol–water partition coefficient (Wildman–Crippen LogP) is 7.14. The van der Waals surface area contributed by atoms with Gasteiger partial charge in [-0.05, 0) is 120 Å². The molecule has 0 spiro atoms. The minimum Gasteiger partial charge on any atom is -0.480 e. The Labute approximate surface area is 468 Å². The number of fused-ring (bicyclic) bond motifs is 3. The van der Waals surface area contributed by atoms with Gasteiger partial charge in [0, 0.05) is 101 Å². The maximum Gasteiger partial charge on any atom is 0.410 e. The molecule has 4 fully saturated rings. The van der Waals surface area contributed by atoms with Crippen molar-refractivity contribution in [1.82, 2.24) is 45.0 Å². The zero-order valence-corrected chi connectivity index (χ0v) is 48.8. The molecule has 20 heteroatoms. The SMILES string of the molecule is CCn1c(-c2cc(N3CCN(C4CC4)CC3)cnc2[C@H](C)OC)c(CC(C)(C)CO)c2cc(-c3nc4c(s3)C=C[C@@H]3[C@H](CCN3C(=O)OC(C)(C)C)C(=O)N(C)[C@@H](C(C)C)C(=O)N[C@H](C(=O)N3CCC[C@@H](C(=O)O)N3)C4)ccc21. The summed E-state index contributed by atoms with van der Waals surface area (Å²) in [6.07, 6.45) is 8.93. The van der Waals surface area contributed by atoms with Crippen LogP contribution in [-0.2, 0) is 48.0 Å². The summed E-state index contributed by atoms with van der Waals surface area (Å²) < 4.78 is 14.2. The molecule has 9 rings (SSSR count). The number of nitrogens with one attached hydrogen (secondary N) is 2. The molecular formula is C59H82N10O9S. The Hall–Kier alpha value is -5.93. The Balaban J connectivity index is 1.20. The summed E-state index contributed by atoms with van der Waals surface area (Å²) in [5.74, 6) is -3.59. The van der Waals surface area contributed by atoms with E-state index in [0.717, 1.165) is 70.8 Å². The highest BCUT2D eigenvalue weighted by Gasteiger charge is 2.46. The third-order valence-corrected chi connectivity index (χ3v) is 17.6. The first kappa shape index (κ1) is 57.7. The van der Waals surface area contributed by atoms with Crippen LogP contribution in [0.3, 0.4) is 0 Å². The van der Waals surface area contributed by atoms with E-state index in [2.05, 4.69) is 64.1 Å². The van der Waals surface area contributed by atoms with E-state index in [1.165, 1.54) is 34.1 Å². The van der Waals surface area contributed by atoms with Crippen molar-refractivity contribution in [3.05, 3.63) is 58.4 Å². The molecule has 3 saturated heterocycles. The molecule has 19 nitrogen and oxygen atoms in total. The Morgan fingerprint density at radius 1 is 0.949 bits per heavy atom. The molecule has 4 N–H and O–H groups in total. The zero-order chi connectivity index (χ0) is 56.8. The molecule has 3 aromatic heterocycles. The lowest BCUT2D eigenvalue weighted by atomic mass is 9.84. The number of thiazole rings is 1. The number of benzene rings is 1. The summed E-state index contributed by atoms with van der Waals surface area (Å²) in [4.78, 5) is 89.7. The molecule has 4 amide bonds. The number of aliphatic hydroxyl groups is 1. The number of aromatic nitrogens is 3. The van der Waals surface area contributed by atoms with Crippen molar-refractivity contribution < 1.29 is 43.7 Å². The summed E-state index contributed by atoms with van der Waals surface area (Å²) in [6.45, 7) is 22.3. The van der Waals surface area contributed by atoms with E-state index in [-0.39, 0.29) is 44.0 Å². The number of likely N-dealkylation sites (N-methyl/N-ethyl adjacent to an activating group) is 1. The number of likely N-dealkylation sites (tertiary alicyclic amines) is 1. The first-order chi connectivity index (χ1) is 37.5. The molecule has 428 valence electrons. The monoisotopic (exact) mass is 1110 g/mol. The number of amides is 4. The summed E-state index contributed by atoms with van der Waals surface area (Å²) >= 11 is 1.40. The van der Waals surface area contributed by atoms with Crippen molar-refractivity contribution in [3.8, 4) is 21.8 Å². The lowest BCUT2D eigenvalue weighted by molar-refractivity contribution is -0.149. The standard InChI is InChI=1S/C59H82N10O9S/c1-12-67-47-18-15-36(28-40(47)42(31-59(8,9)33-70)51(67)41-29-38(32-60-49(41)35(4)77-11)66-26-24-65(25-27-66)37-16-17-37)53-62-44-30-45(55(73)69-22-13-14-43(63-69)56(74)75)61-52(71)50(34(2)3)64(10)54(72)39-21-23-68(57(76)78-58(5,6)7)46(39)19-20-48(44)79-53/h15,18-20,28-29,32,34-35,37,39,43,45-46,50,63,70H,12-14,16-17,21-27,30-31,33H2,1-11H3,(H,61,71)(H,74,75)/t35-,39-,43-,45-,46+,50-/m0/s1. The minimum absolute atomic E-state index is 0.0469. The third kappa shape index (κ3) is 12.2. The van der Waals surface area contributed by atoms with Crippen LogP contribution in [-0.4, -0.2) is 170 Å². The molecule has 5 aliphatic rings. The number of carbonyl (C=O) groups excluding carboxylic acids is 4. The molecular weight excluding hydrogens is 1020 g/mol. The van der Waals surface area contributed by atoms with Crippen LogP contribution in [0.2, 0.25) is 0 Å². The number of methoxy groups -OCH3 is 1. The van der Waals surface area contributed by atoms with Gasteiger partial charge in [-0.1, -0.05) is 33.8 Å². The largest absolute Gasteiger partial charge is 0.480 e. The number of ether oxygens (including phenoxy) is 2. The van der Waals surface area contributed by atoms with Crippen molar-refractivity contribution in [3.63, 3.8) is 0 Å². The van der Waals surface area contributed by atoms with Crippen LogP contribution in [0.4, 0.5) is 10.5 Å². The number of hydrogen-bond acceptors (Lipinski definition) is 14. The molecule has 79 heavy (non-hydrogen) atoms. The number of anilines is 1. The highest BCUT2D eigenvalue weighted by Crippen LogP contribution is 2.44. The van der Waals surface area contributed by atoms with Crippen LogP contribution in [0.1, 0.15) is 122 Å². The average Bonchev–Trinajstić information content (AvgIpc) is 4.21. The summed E-state index contributed by atoms with van der Waals surface area (Å²) in [5.41, 5.74) is 8.78. The van der Waals surface area contributed by atoms with Crippen LogP contribution in [0, 0.1) is 17.3 Å². The van der Waals surface area contributed by atoms with E-state index in [4.69, 9.17) is 19.4 Å². The number of aliphatic carboxylic acids is 1. The van der Waals surface area contributed by atoms with Gasteiger partial charge in [-0.3, -0.25) is 34.1 Å². The number of carbonyl (C=O) groups is 5. The normalized spacial score (nSPS) is 23.3. The van der Waals surface area contributed by atoms with Crippen molar-refractivity contribution >= 4 is 63.8 Å². The van der Waals surface area contributed by atoms with Crippen LogP contribution >= 0.6 is 11.3 Å². The third-order valence-electron chi connectivity index (χ3n) is 16.5. The molecule has 1 aliphatic carbocycles. The van der Waals surface area contributed by atoms with Crippen molar-refractivity contribution in [1.29, 1.82) is 0 Å². The van der Waals surface area contributed by atoms with Gasteiger partial charge in [0.2, 0.25) is 11.8 Å². The fraction of sp³-hybridized carbons (Fsp3) is 0.610. The number of pyridine rings is 1. The minimum atomic E-state index is -1.22. The van der Waals surface area contributed by atoms with Crippen LogP contribution in [0.25, 0.3) is 38.8 Å². The van der Waals surface area contributed by atoms with Crippen LogP contribution < -0.4 is 15.6 Å². The van der Waals surface area contributed by atoms with Gasteiger partial charge in [0.15, 0.2) is 0 Å². The van der Waals surface area contributed by atoms with E-state index in [0.29, 0.717) is 53.8 Å². The number of aliphatic hydroxyl groups excluding tert-OH is 1. The number of piperazine rings is 1. The van der Waals surface area contributed by atoms with Crippen LogP contribution in [0.15, 0.2) is 36.5 Å². The number of rotatable bonds is 13. The van der Waals surface area contributed by atoms with Gasteiger partial charge in [-0.15, -0.1) is 11.3 Å². The van der Waals surface area contributed by atoms with Gasteiger partial charge < -0.3 is 44.3 Å². The number of hydrogen-bond donors (Lipinski definition) is 4. The maximum absolute atomic E-state index is 14.8. The second kappa shape index (κ2) is 23.3. The average molecular weight is 1110 g/mol. The van der Waals surface area contributed by atoms with Crippen molar-refractivity contribution in [2.75, 3.05) is 64.9 Å². The number of nitrogens with zero attached hydrogens (tertiary/aromatic N) is 8. The van der Waals surface area contributed by atoms with E-state index in [1.54, 1.807) is 39.8 Å². The van der Waals surface area contributed by atoms with E-state index >= 15 is 0 Å². The summed E-state index contributed by atoms with van der Waals surface area (Å²) in [7, 11) is 3.29. The molecule has 0 bridgehead atoms. The van der Waals surface area contributed by atoms with Gasteiger partial charge >= 0.3 is 12.1 Å². The fourth-order valence-corrected chi connectivity index (χ4v) is 13.0. The van der Waals surface area contributed by atoms with Gasteiger partial charge in [-0.25, -0.2) is 15.2 Å². The number of hydrazine groups is 1. The molecule has 1 saturated carbocycles. The quantitative estimate of drug-likeness (QED) is 0.105. The number of carboxylic acid groups (broad SMARTS) is 1. The van der Waals surface area contributed by atoms with Gasteiger partial charge in [-0.2, -0.15) is 0 Å². The lowest BCUT2D eigenvalue weighted by Gasteiger charge is -2.36.